The Kier molecular flexibility index (Phi) is 5.58. The van der Waals surface area contributed by atoms with Crippen molar-refractivity contribution in [2.45, 2.75) is 51.6 Å². The summed E-state index contributed by atoms with van der Waals surface area (Å²) >= 11 is 0. The number of imide groups is 2. The number of urea groups is 1. The highest BCUT2D eigenvalue weighted by atomic mass is 16.2. The van der Waals surface area contributed by atoms with Crippen molar-refractivity contribution in [1.82, 2.24) is 14.7 Å². The van der Waals surface area contributed by atoms with Gasteiger partial charge in [-0.05, 0) is 30.4 Å². The van der Waals surface area contributed by atoms with Crippen molar-refractivity contribution in [3.8, 4) is 0 Å². The van der Waals surface area contributed by atoms with Gasteiger partial charge in [0.1, 0.15) is 6.54 Å². The second kappa shape index (κ2) is 7.90. The van der Waals surface area contributed by atoms with Gasteiger partial charge in [0.2, 0.25) is 5.91 Å². The van der Waals surface area contributed by atoms with Gasteiger partial charge in [-0.3, -0.25) is 19.3 Å². The quantitative estimate of drug-likeness (QED) is 0.566. The maximum atomic E-state index is 12.5. The maximum absolute atomic E-state index is 12.5. The van der Waals surface area contributed by atoms with E-state index in [1.807, 2.05) is 24.3 Å². The molecule has 2 aliphatic rings. The summed E-state index contributed by atoms with van der Waals surface area (Å²) < 4.78 is 0. The van der Waals surface area contributed by atoms with Crippen LogP contribution in [0, 0.1) is 0 Å². The molecular weight excluding hydrogens is 346 g/mol. The van der Waals surface area contributed by atoms with E-state index in [0.717, 1.165) is 47.5 Å². The topological polar surface area (TPSA) is 78.0 Å². The molecule has 144 valence electrons. The van der Waals surface area contributed by atoms with E-state index < -0.39 is 24.4 Å². The third-order valence-electron chi connectivity index (χ3n) is 5.34. The second-order valence-electron chi connectivity index (χ2n) is 7.21. The molecule has 1 saturated carbocycles. The SMILES string of the molecule is CCc1ccc(CN(C)C(=O)CN2C(=O)C(=O)N(C3CCCC3)C2=O)cc1. The summed E-state index contributed by atoms with van der Waals surface area (Å²) in [6.07, 6.45) is 4.27. The van der Waals surface area contributed by atoms with Gasteiger partial charge in [0, 0.05) is 19.6 Å². The van der Waals surface area contributed by atoms with Crippen LogP contribution >= 0.6 is 0 Å². The van der Waals surface area contributed by atoms with E-state index in [2.05, 4.69) is 6.92 Å². The number of benzene rings is 1. The average Bonchev–Trinajstić information content (AvgIpc) is 3.25. The minimum Gasteiger partial charge on any atom is -0.340 e. The van der Waals surface area contributed by atoms with Crippen LogP contribution in [0.1, 0.15) is 43.7 Å². The molecule has 5 amide bonds. The van der Waals surface area contributed by atoms with E-state index in [9.17, 15) is 19.2 Å². The molecule has 1 aromatic rings. The summed E-state index contributed by atoms with van der Waals surface area (Å²) in [6, 6.07) is 7.06. The smallest absolute Gasteiger partial charge is 0.334 e. The van der Waals surface area contributed by atoms with Crippen molar-refractivity contribution in [2.24, 2.45) is 0 Å². The largest absolute Gasteiger partial charge is 0.340 e. The van der Waals surface area contributed by atoms with E-state index in [-0.39, 0.29) is 11.9 Å². The predicted molar refractivity (Wildman–Crippen MR) is 98.5 cm³/mol. The molecule has 1 saturated heterocycles. The van der Waals surface area contributed by atoms with Crippen LogP contribution in [0.15, 0.2) is 24.3 Å². The van der Waals surface area contributed by atoms with E-state index >= 15 is 0 Å². The Labute approximate surface area is 158 Å². The first-order valence-corrected chi connectivity index (χ1v) is 9.43. The minimum absolute atomic E-state index is 0.219. The second-order valence-corrected chi connectivity index (χ2v) is 7.21. The zero-order valence-corrected chi connectivity index (χ0v) is 15.8. The number of nitrogens with zero attached hydrogens (tertiary/aromatic N) is 3. The van der Waals surface area contributed by atoms with E-state index in [0.29, 0.717) is 6.54 Å². The zero-order chi connectivity index (χ0) is 19.6. The first-order chi connectivity index (χ1) is 12.9. The van der Waals surface area contributed by atoms with Crippen molar-refractivity contribution < 1.29 is 19.2 Å². The highest BCUT2D eigenvalue weighted by molar-refractivity contribution is 6.45. The van der Waals surface area contributed by atoms with Gasteiger partial charge in [-0.2, -0.15) is 0 Å². The van der Waals surface area contributed by atoms with Gasteiger partial charge < -0.3 is 4.90 Å². The molecule has 7 nitrogen and oxygen atoms in total. The lowest BCUT2D eigenvalue weighted by atomic mass is 10.1. The highest BCUT2D eigenvalue weighted by Gasteiger charge is 2.48. The van der Waals surface area contributed by atoms with Crippen LogP contribution in [-0.2, 0) is 27.3 Å². The minimum atomic E-state index is -0.902. The molecule has 1 heterocycles. The molecule has 27 heavy (non-hydrogen) atoms. The van der Waals surface area contributed by atoms with Crippen molar-refractivity contribution in [2.75, 3.05) is 13.6 Å². The fourth-order valence-corrected chi connectivity index (χ4v) is 3.64. The fraction of sp³-hybridized carbons (Fsp3) is 0.500. The monoisotopic (exact) mass is 371 g/mol. The van der Waals surface area contributed by atoms with E-state index in [1.165, 1.54) is 10.5 Å². The van der Waals surface area contributed by atoms with Gasteiger partial charge >= 0.3 is 17.8 Å². The number of carbonyl (C=O) groups is 4. The molecule has 0 spiro atoms. The van der Waals surface area contributed by atoms with Gasteiger partial charge in [-0.25, -0.2) is 9.69 Å². The lowest BCUT2D eigenvalue weighted by Crippen LogP contribution is -2.43. The van der Waals surface area contributed by atoms with Crippen molar-refractivity contribution in [3.63, 3.8) is 0 Å². The Morgan fingerprint density at radius 3 is 2.22 bits per heavy atom. The lowest BCUT2D eigenvalue weighted by molar-refractivity contribution is -0.145. The summed E-state index contributed by atoms with van der Waals surface area (Å²) in [4.78, 5) is 52.7. The highest BCUT2D eigenvalue weighted by Crippen LogP contribution is 2.27. The van der Waals surface area contributed by atoms with Gasteiger partial charge in [0.15, 0.2) is 0 Å². The normalized spacial score (nSPS) is 17.9. The molecule has 0 radical (unpaired) electrons. The zero-order valence-electron chi connectivity index (χ0n) is 15.8. The Morgan fingerprint density at radius 1 is 1.04 bits per heavy atom. The molecule has 2 fully saturated rings. The maximum Gasteiger partial charge on any atom is 0.334 e. The lowest BCUT2D eigenvalue weighted by Gasteiger charge is -2.22. The third-order valence-corrected chi connectivity index (χ3v) is 5.34. The Hall–Kier alpha value is -2.70. The number of rotatable bonds is 6. The molecule has 1 aromatic carbocycles. The Bertz CT molecular complexity index is 753. The molecular formula is C20H25N3O4. The molecule has 0 N–H and O–H groups in total. The number of hydrogen-bond donors (Lipinski definition) is 0. The van der Waals surface area contributed by atoms with Gasteiger partial charge in [-0.1, -0.05) is 44.0 Å². The summed E-state index contributed by atoms with van der Waals surface area (Å²) in [5, 5.41) is 0. The van der Waals surface area contributed by atoms with Crippen molar-refractivity contribution in [1.29, 1.82) is 0 Å². The van der Waals surface area contributed by atoms with Crippen LogP contribution in [0.4, 0.5) is 4.79 Å². The standard InChI is InChI=1S/C20H25N3O4/c1-3-14-8-10-15(11-9-14)12-21(2)17(24)13-22-18(25)19(26)23(20(22)27)16-6-4-5-7-16/h8-11,16H,3-7,12-13H2,1-2H3. The molecule has 1 aliphatic heterocycles. The van der Waals surface area contributed by atoms with E-state index in [1.54, 1.807) is 7.05 Å². The van der Waals surface area contributed by atoms with Crippen molar-refractivity contribution >= 4 is 23.8 Å². The molecule has 0 unspecified atom stereocenters. The fourth-order valence-electron chi connectivity index (χ4n) is 3.64. The summed E-state index contributed by atoms with van der Waals surface area (Å²) in [6.45, 7) is 2.04. The first-order valence-electron chi connectivity index (χ1n) is 9.43. The van der Waals surface area contributed by atoms with Crippen molar-refractivity contribution in [3.05, 3.63) is 35.4 Å². The molecule has 7 heteroatoms. The number of aryl methyl sites for hydroxylation is 1. The van der Waals surface area contributed by atoms with Gasteiger partial charge in [0.25, 0.3) is 0 Å². The molecule has 0 bridgehead atoms. The number of carbonyl (C=O) groups excluding carboxylic acids is 4. The van der Waals surface area contributed by atoms with Crippen LogP contribution in [0.2, 0.25) is 0 Å². The molecule has 3 rings (SSSR count). The summed E-state index contributed by atoms with van der Waals surface area (Å²) in [7, 11) is 1.62. The van der Waals surface area contributed by atoms with Crippen LogP contribution < -0.4 is 0 Å². The van der Waals surface area contributed by atoms with Crippen LogP contribution in [0.25, 0.3) is 0 Å². The Morgan fingerprint density at radius 2 is 1.63 bits per heavy atom. The van der Waals surface area contributed by atoms with Crippen LogP contribution in [0.3, 0.4) is 0 Å². The predicted octanol–water partition coefficient (Wildman–Crippen LogP) is 1.94. The molecule has 1 aliphatic carbocycles. The van der Waals surface area contributed by atoms with Gasteiger partial charge in [-0.15, -0.1) is 0 Å². The van der Waals surface area contributed by atoms with Gasteiger partial charge in [0.05, 0.1) is 0 Å². The molecule has 0 aromatic heterocycles. The Balaban J connectivity index is 1.62. The number of amides is 5. The first kappa shape index (κ1) is 19.1. The number of likely N-dealkylation sites (N-methyl/N-ethyl adjacent to an activating group) is 1. The van der Waals surface area contributed by atoms with Crippen LogP contribution in [0.5, 0.6) is 0 Å². The van der Waals surface area contributed by atoms with Crippen LogP contribution in [-0.4, -0.2) is 58.1 Å². The summed E-state index contributed by atoms with van der Waals surface area (Å²) in [5.41, 5.74) is 2.18. The van der Waals surface area contributed by atoms with E-state index in [4.69, 9.17) is 0 Å². The number of hydrogen-bond acceptors (Lipinski definition) is 4. The average molecular weight is 371 g/mol. The third kappa shape index (κ3) is 3.86. The summed E-state index contributed by atoms with van der Waals surface area (Å²) in [5.74, 6) is -2.09. The molecule has 0 atom stereocenters.